The summed E-state index contributed by atoms with van der Waals surface area (Å²) in [7, 11) is 0. The third-order valence-electron chi connectivity index (χ3n) is 3.62. The van der Waals surface area contributed by atoms with Crippen LogP contribution in [0.15, 0.2) is 62.7 Å². The SMILES string of the molecule is CSC1=C(SC)SC(=C2SC=C(C=Nc3ccc(O)c4ncccc34)S2)S1. The highest BCUT2D eigenvalue weighted by molar-refractivity contribution is 8.42. The Bertz CT molecular complexity index is 1010. The Labute approximate surface area is 183 Å². The lowest BCUT2D eigenvalue weighted by Gasteiger charge is -2.03. The molecule has 0 saturated heterocycles. The summed E-state index contributed by atoms with van der Waals surface area (Å²) in [4.78, 5) is 10.0. The highest BCUT2D eigenvalue weighted by Gasteiger charge is 2.25. The van der Waals surface area contributed by atoms with Crippen LogP contribution in [0.4, 0.5) is 5.69 Å². The highest BCUT2D eigenvalue weighted by Crippen LogP contribution is 2.61. The number of benzene rings is 1. The first kappa shape index (κ1) is 19.7. The van der Waals surface area contributed by atoms with Crippen LogP contribution in [0.1, 0.15) is 0 Å². The second kappa shape index (κ2) is 8.84. The maximum absolute atomic E-state index is 9.96. The molecule has 0 unspecified atom stereocenters. The molecule has 3 nitrogen and oxygen atoms in total. The van der Waals surface area contributed by atoms with Crippen LogP contribution < -0.4 is 0 Å². The maximum Gasteiger partial charge on any atom is 0.141 e. The Hall–Kier alpha value is -0.580. The van der Waals surface area contributed by atoms with E-state index in [1.54, 1.807) is 35.8 Å². The zero-order valence-electron chi connectivity index (χ0n) is 14.3. The molecule has 0 spiro atoms. The van der Waals surface area contributed by atoms with E-state index >= 15 is 0 Å². The molecule has 0 fully saturated rings. The van der Waals surface area contributed by atoms with Crippen LogP contribution in [0.3, 0.4) is 0 Å². The Balaban J connectivity index is 1.52. The Kier molecular flexibility index (Phi) is 6.45. The van der Waals surface area contributed by atoms with Crippen molar-refractivity contribution in [1.82, 2.24) is 4.98 Å². The molecule has 9 heteroatoms. The number of aromatic nitrogens is 1. The average Bonchev–Trinajstić information content (AvgIpc) is 3.34. The van der Waals surface area contributed by atoms with Crippen molar-refractivity contribution in [2.45, 2.75) is 0 Å². The lowest BCUT2D eigenvalue weighted by atomic mass is 10.1. The van der Waals surface area contributed by atoms with Crippen LogP contribution in [-0.4, -0.2) is 28.8 Å². The van der Waals surface area contributed by atoms with Gasteiger partial charge >= 0.3 is 0 Å². The van der Waals surface area contributed by atoms with Crippen LogP contribution in [0, 0.1) is 0 Å². The number of allylic oxidation sites excluding steroid dienone is 1. The van der Waals surface area contributed by atoms with E-state index in [-0.39, 0.29) is 5.75 Å². The first-order valence-corrected chi connectivity index (χ1v) is 13.5. The smallest absolute Gasteiger partial charge is 0.141 e. The number of hydrogen-bond acceptors (Lipinski definition) is 9. The van der Waals surface area contributed by atoms with E-state index in [0.717, 1.165) is 16.0 Å². The zero-order chi connectivity index (χ0) is 18.8. The van der Waals surface area contributed by atoms with Crippen molar-refractivity contribution in [2.75, 3.05) is 12.5 Å². The molecule has 1 N–H and O–H groups in total. The van der Waals surface area contributed by atoms with Crippen molar-refractivity contribution < 1.29 is 5.11 Å². The third kappa shape index (κ3) is 4.23. The van der Waals surface area contributed by atoms with Crippen LogP contribution >= 0.6 is 70.6 Å². The van der Waals surface area contributed by atoms with Gasteiger partial charge in [-0.15, -0.1) is 23.5 Å². The molecule has 2 aromatic rings. The molecule has 0 bridgehead atoms. The molecule has 138 valence electrons. The van der Waals surface area contributed by atoms with Gasteiger partial charge in [0.05, 0.1) is 22.6 Å². The van der Waals surface area contributed by atoms with Gasteiger partial charge in [0.25, 0.3) is 0 Å². The van der Waals surface area contributed by atoms with Gasteiger partial charge < -0.3 is 5.11 Å². The fourth-order valence-electron chi connectivity index (χ4n) is 2.41. The molecule has 0 amide bonds. The molecule has 0 saturated carbocycles. The van der Waals surface area contributed by atoms with Crippen LogP contribution in [0.2, 0.25) is 0 Å². The molecule has 27 heavy (non-hydrogen) atoms. The van der Waals surface area contributed by atoms with Gasteiger partial charge in [0, 0.05) is 22.7 Å². The molecule has 0 radical (unpaired) electrons. The van der Waals surface area contributed by atoms with Crippen LogP contribution in [0.5, 0.6) is 5.75 Å². The first-order chi connectivity index (χ1) is 13.2. The second-order valence-electron chi connectivity index (χ2n) is 5.26. The summed E-state index contributed by atoms with van der Waals surface area (Å²) in [6.45, 7) is 0. The minimum atomic E-state index is 0.179. The number of hydrogen-bond donors (Lipinski definition) is 1. The van der Waals surface area contributed by atoms with Gasteiger partial charge in [-0.1, -0.05) is 47.0 Å². The van der Waals surface area contributed by atoms with E-state index in [1.165, 1.54) is 16.9 Å². The largest absolute Gasteiger partial charge is 0.506 e. The van der Waals surface area contributed by atoms with Gasteiger partial charge in [-0.05, 0) is 42.2 Å². The third-order valence-corrected chi connectivity index (χ3v) is 11.7. The molecule has 1 aromatic carbocycles. The van der Waals surface area contributed by atoms with Crippen LogP contribution in [0.25, 0.3) is 10.9 Å². The summed E-state index contributed by atoms with van der Waals surface area (Å²) in [6, 6.07) is 7.26. The molecule has 2 aliphatic heterocycles. The normalized spacial score (nSPS) is 17.6. The Morgan fingerprint density at radius 2 is 1.81 bits per heavy atom. The number of fused-ring (bicyclic) bond motifs is 1. The lowest BCUT2D eigenvalue weighted by molar-refractivity contribution is 0.480. The lowest BCUT2D eigenvalue weighted by Crippen LogP contribution is -1.81. The molecular formula is C18H14N2OS6. The summed E-state index contributed by atoms with van der Waals surface area (Å²) in [5.41, 5.74) is 1.39. The summed E-state index contributed by atoms with van der Waals surface area (Å²) < 4.78 is 5.46. The van der Waals surface area contributed by atoms with E-state index in [0.29, 0.717) is 5.52 Å². The van der Waals surface area contributed by atoms with Crippen molar-refractivity contribution in [3.05, 3.63) is 57.7 Å². The monoisotopic (exact) mass is 466 g/mol. The number of pyridine rings is 1. The molecule has 4 rings (SSSR count). The van der Waals surface area contributed by atoms with Crippen molar-refractivity contribution in [2.24, 2.45) is 4.99 Å². The number of phenolic OH excluding ortho intramolecular Hbond substituents is 1. The zero-order valence-corrected chi connectivity index (χ0v) is 19.2. The first-order valence-electron chi connectivity index (χ1n) is 7.77. The van der Waals surface area contributed by atoms with E-state index in [1.807, 2.05) is 71.5 Å². The van der Waals surface area contributed by atoms with Gasteiger partial charge in [0.1, 0.15) is 11.3 Å². The van der Waals surface area contributed by atoms with Gasteiger partial charge in [-0.3, -0.25) is 9.98 Å². The molecule has 0 atom stereocenters. The summed E-state index contributed by atoms with van der Waals surface area (Å²) in [5.74, 6) is 0.179. The molecule has 1 aromatic heterocycles. The van der Waals surface area contributed by atoms with E-state index in [2.05, 4.69) is 27.9 Å². The standard InChI is InChI=1S/C18H14N2OS6/c1-22-15-16(23-2)27-18(26-15)17-24-9-10(25-17)8-20-12-5-6-13(21)14-11(12)4-3-7-19-14/h3-9,21H,1-2H3. The molecule has 2 aliphatic rings. The van der Waals surface area contributed by atoms with Crippen molar-refractivity contribution >= 4 is 93.4 Å². The fraction of sp³-hybridized carbons (Fsp3) is 0.111. The maximum atomic E-state index is 9.96. The fourth-order valence-corrected chi connectivity index (χ4v) is 9.84. The van der Waals surface area contributed by atoms with Gasteiger partial charge in [0.15, 0.2) is 0 Å². The second-order valence-corrected chi connectivity index (χ2v) is 11.9. The van der Waals surface area contributed by atoms with E-state index < -0.39 is 0 Å². The van der Waals surface area contributed by atoms with Gasteiger partial charge in [-0.25, -0.2) is 0 Å². The van der Waals surface area contributed by atoms with Crippen molar-refractivity contribution in [3.63, 3.8) is 0 Å². The Morgan fingerprint density at radius 3 is 2.56 bits per heavy atom. The summed E-state index contributed by atoms with van der Waals surface area (Å²) in [5, 5.41) is 13.0. The number of aliphatic imine (C=N–C) groups is 1. The van der Waals surface area contributed by atoms with Gasteiger partial charge in [-0.2, -0.15) is 0 Å². The minimum absolute atomic E-state index is 0.179. The summed E-state index contributed by atoms with van der Waals surface area (Å²) in [6.07, 6.45) is 7.84. The van der Waals surface area contributed by atoms with Crippen LogP contribution in [-0.2, 0) is 0 Å². The van der Waals surface area contributed by atoms with Crippen molar-refractivity contribution in [1.29, 1.82) is 0 Å². The predicted molar refractivity (Wildman–Crippen MR) is 131 cm³/mol. The molecule has 3 heterocycles. The average molecular weight is 467 g/mol. The topological polar surface area (TPSA) is 45.5 Å². The quantitative estimate of drug-likeness (QED) is 0.467. The Morgan fingerprint density at radius 1 is 1.04 bits per heavy atom. The van der Waals surface area contributed by atoms with E-state index in [4.69, 9.17) is 0 Å². The summed E-state index contributed by atoms with van der Waals surface area (Å²) >= 11 is 10.9. The van der Waals surface area contributed by atoms with Crippen molar-refractivity contribution in [3.8, 4) is 5.75 Å². The number of rotatable bonds is 4. The predicted octanol–water partition coefficient (Wildman–Crippen LogP) is 7.42. The number of aromatic hydroxyl groups is 1. The van der Waals surface area contributed by atoms with Gasteiger partial charge in [0.2, 0.25) is 0 Å². The molecule has 0 aliphatic carbocycles. The number of phenols is 1. The molecular weight excluding hydrogens is 453 g/mol. The minimum Gasteiger partial charge on any atom is -0.506 e. The number of nitrogens with zero attached hydrogens (tertiary/aromatic N) is 2. The number of thioether (sulfide) groups is 6. The van der Waals surface area contributed by atoms with E-state index in [9.17, 15) is 5.11 Å². The highest BCUT2D eigenvalue weighted by atomic mass is 32.3.